The molecule has 2 aliphatic rings. The number of benzene rings is 6. The lowest BCUT2D eigenvalue weighted by molar-refractivity contribution is -0.954. The Morgan fingerprint density at radius 2 is 0.864 bits per heavy atom. The van der Waals surface area contributed by atoms with Crippen LogP contribution in [-0.4, -0.2) is 17.6 Å². The minimum absolute atomic E-state index is 0.775. The van der Waals surface area contributed by atoms with Crippen molar-refractivity contribution >= 4 is 44.7 Å². The third-order valence-corrected chi connectivity index (χ3v) is 10.6. The van der Waals surface area contributed by atoms with E-state index in [1.807, 2.05) is 24.3 Å². The molecule has 8 rings (SSSR count). The zero-order valence-electron chi connectivity index (χ0n) is 25.0. The van der Waals surface area contributed by atoms with Gasteiger partial charge in [-0.05, 0) is 106 Å². The van der Waals surface area contributed by atoms with Crippen LogP contribution in [0.4, 0.5) is 0 Å². The number of nitrogens with zero attached hydrogens (tertiary/aromatic N) is 1. The van der Waals surface area contributed by atoms with Gasteiger partial charge in [-0.3, -0.25) is 0 Å². The Morgan fingerprint density at radius 1 is 0.455 bits per heavy atom. The minimum atomic E-state index is 0.775. The zero-order chi connectivity index (χ0) is 29.7. The normalized spacial score (nSPS) is 16.2. The van der Waals surface area contributed by atoms with Crippen molar-refractivity contribution in [2.75, 3.05) is 13.1 Å². The molecule has 0 radical (unpaired) electrons. The van der Waals surface area contributed by atoms with Gasteiger partial charge < -0.3 is 4.48 Å². The summed E-state index contributed by atoms with van der Waals surface area (Å²) in [7, 11) is 0. The van der Waals surface area contributed by atoms with Crippen molar-refractivity contribution in [2.45, 2.75) is 45.2 Å². The van der Waals surface area contributed by atoms with Gasteiger partial charge in [0.1, 0.15) is 13.1 Å². The van der Waals surface area contributed by atoms with Crippen LogP contribution in [0, 0.1) is 0 Å². The third-order valence-electron chi connectivity index (χ3n) is 10.1. The van der Waals surface area contributed by atoms with Crippen molar-refractivity contribution in [2.24, 2.45) is 0 Å². The first-order chi connectivity index (χ1) is 21.6. The molecule has 0 saturated carbocycles. The Morgan fingerprint density at radius 3 is 1.32 bits per heavy atom. The van der Waals surface area contributed by atoms with Crippen LogP contribution in [-0.2, 0) is 13.1 Å². The van der Waals surface area contributed by atoms with Crippen molar-refractivity contribution < 1.29 is 4.48 Å². The molecule has 6 aromatic carbocycles. The van der Waals surface area contributed by atoms with Crippen LogP contribution in [0.5, 0.6) is 0 Å². The van der Waals surface area contributed by atoms with Gasteiger partial charge in [-0.2, -0.15) is 0 Å². The Labute approximate surface area is 270 Å². The summed E-state index contributed by atoms with van der Waals surface area (Å²) < 4.78 is 1.10. The highest BCUT2D eigenvalue weighted by Crippen LogP contribution is 2.50. The van der Waals surface area contributed by atoms with Crippen LogP contribution in [0.3, 0.4) is 0 Å². The summed E-state index contributed by atoms with van der Waals surface area (Å²) in [4.78, 5) is 0. The van der Waals surface area contributed by atoms with Gasteiger partial charge in [0.05, 0.1) is 13.1 Å². The number of fused-ring (bicyclic) bond motifs is 7. The summed E-state index contributed by atoms with van der Waals surface area (Å²) in [6, 6.07) is 39.9. The number of hydrogen-bond donors (Lipinski definition) is 0. The lowest BCUT2D eigenvalue weighted by Gasteiger charge is -2.40. The maximum absolute atomic E-state index is 6.42. The lowest BCUT2D eigenvalue weighted by Crippen LogP contribution is -2.48. The monoisotopic (exact) mass is 612 g/mol. The predicted molar refractivity (Wildman–Crippen MR) is 188 cm³/mol. The molecule has 0 N–H and O–H groups in total. The quantitative estimate of drug-likeness (QED) is 0.171. The highest BCUT2D eigenvalue weighted by atomic mass is 35.5. The molecule has 0 atom stereocenters. The molecule has 0 unspecified atom stereocenters. The fourth-order valence-electron chi connectivity index (χ4n) is 8.03. The van der Waals surface area contributed by atoms with Gasteiger partial charge in [0.15, 0.2) is 0 Å². The van der Waals surface area contributed by atoms with Crippen LogP contribution in [0.15, 0.2) is 109 Å². The molecule has 1 spiro atoms. The zero-order valence-corrected chi connectivity index (χ0v) is 26.5. The molecule has 0 aromatic heterocycles. The van der Waals surface area contributed by atoms with Gasteiger partial charge in [0.25, 0.3) is 0 Å². The molecule has 0 aliphatic carbocycles. The molecule has 1 saturated heterocycles. The fraction of sp³-hybridized carbons (Fsp3) is 0.220. The van der Waals surface area contributed by atoms with Gasteiger partial charge in [0, 0.05) is 32.3 Å². The van der Waals surface area contributed by atoms with Crippen molar-refractivity contribution in [1.29, 1.82) is 0 Å². The SMILES string of the molecule is Clc1ccc(-c2cc3ccccc3c3c2C[N+]2(CCCCCCC2)Cc2c(-c4ccc(Cl)cc4)cc4ccccc4c2-3)cc1. The average molecular weight is 614 g/mol. The second kappa shape index (κ2) is 11.4. The molecule has 2 heterocycles. The molecule has 6 aromatic rings. The molecular formula is C41H36Cl2N+. The van der Waals surface area contributed by atoms with E-state index in [-0.39, 0.29) is 0 Å². The lowest BCUT2D eigenvalue weighted by atomic mass is 9.82. The molecule has 0 bridgehead atoms. The van der Waals surface area contributed by atoms with Gasteiger partial charge in [-0.25, -0.2) is 0 Å². The molecule has 44 heavy (non-hydrogen) atoms. The number of rotatable bonds is 2. The first-order valence-corrected chi connectivity index (χ1v) is 16.8. The van der Waals surface area contributed by atoms with E-state index < -0.39 is 0 Å². The minimum Gasteiger partial charge on any atom is -0.316 e. The highest BCUT2D eigenvalue weighted by molar-refractivity contribution is 6.31. The summed E-state index contributed by atoms with van der Waals surface area (Å²) in [6.45, 7) is 4.47. The van der Waals surface area contributed by atoms with Gasteiger partial charge in [0.2, 0.25) is 0 Å². The topological polar surface area (TPSA) is 0 Å². The predicted octanol–water partition coefficient (Wildman–Crippen LogP) is 12.1. The molecule has 2 aliphatic heterocycles. The van der Waals surface area contributed by atoms with E-state index >= 15 is 0 Å². The second-order valence-electron chi connectivity index (χ2n) is 12.9. The van der Waals surface area contributed by atoms with Crippen LogP contribution < -0.4 is 0 Å². The van der Waals surface area contributed by atoms with E-state index in [0.717, 1.165) is 27.6 Å². The van der Waals surface area contributed by atoms with Crippen molar-refractivity contribution in [3.8, 4) is 33.4 Å². The van der Waals surface area contributed by atoms with Crippen molar-refractivity contribution in [1.82, 2.24) is 0 Å². The first-order valence-electron chi connectivity index (χ1n) is 16.1. The Balaban J connectivity index is 1.54. The largest absolute Gasteiger partial charge is 0.316 e. The van der Waals surface area contributed by atoms with Crippen molar-refractivity contribution in [3.05, 3.63) is 130 Å². The molecule has 218 valence electrons. The standard InChI is InChI=1S/C41H36Cl2N/c42-32-18-14-28(15-19-32)36-24-30-10-4-6-12-34(30)40-38(36)26-44(22-8-2-1-3-9-23-44)27-39-37(29-16-20-33(43)21-17-29)25-31-11-5-7-13-35(31)41(39)40/h4-7,10-21,24-25H,1-3,8-9,22-23,26-27H2/q+1. The van der Waals surface area contributed by atoms with Gasteiger partial charge in [-0.15, -0.1) is 0 Å². The van der Waals surface area contributed by atoms with Gasteiger partial charge in [-0.1, -0.05) is 102 Å². The first kappa shape index (κ1) is 27.9. The number of halogens is 2. The maximum atomic E-state index is 6.42. The molecular weight excluding hydrogens is 577 g/mol. The van der Waals surface area contributed by atoms with E-state index in [0.29, 0.717) is 0 Å². The van der Waals surface area contributed by atoms with Crippen LogP contribution in [0.2, 0.25) is 10.0 Å². The van der Waals surface area contributed by atoms with Crippen LogP contribution in [0.1, 0.15) is 43.2 Å². The molecule has 1 fully saturated rings. The Bertz CT molecular complexity index is 1860. The second-order valence-corrected chi connectivity index (χ2v) is 13.8. The van der Waals surface area contributed by atoms with E-state index in [1.165, 1.54) is 111 Å². The van der Waals surface area contributed by atoms with E-state index in [4.69, 9.17) is 23.2 Å². The molecule has 1 nitrogen and oxygen atoms in total. The smallest absolute Gasteiger partial charge is 0.106 e. The van der Waals surface area contributed by atoms with Gasteiger partial charge >= 0.3 is 0 Å². The highest BCUT2D eigenvalue weighted by Gasteiger charge is 2.38. The summed E-state index contributed by atoms with van der Waals surface area (Å²) in [6.07, 6.45) is 6.55. The molecule has 3 heteroatoms. The third kappa shape index (κ3) is 4.92. The van der Waals surface area contributed by atoms with Crippen LogP contribution >= 0.6 is 23.2 Å². The van der Waals surface area contributed by atoms with Crippen LogP contribution in [0.25, 0.3) is 54.9 Å². The molecule has 0 amide bonds. The maximum Gasteiger partial charge on any atom is 0.106 e. The number of quaternary nitrogens is 1. The van der Waals surface area contributed by atoms with E-state index in [1.54, 1.807) is 0 Å². The Kier molecular flexibility index (Phi) is 7.22. The summed E-state index contributed by atoms with van der Waals surface area (Å²) >= 11 is 12.8. The Hall–Kier alpha value is -3.62. The average Bonchev–Trinajstić information content (AvgIpc) is 3.19. The van der Waals surface area contributed by atoms with E-state index in [9.17, 15) is 0 Å². The fourth-order valence-corrected chi connectivity index (χ4v) is 8.29. The summed E-state index contributed by atoms with van der Waals surface area (Å²) in [5.74, 6) is 0. The van der Waals surface area contributed by atoms with E-state index in [2.05, 4.69) is 84.9 Å². The number of hydrogen-bond acceptors (Lipinski definition) is 0. The summed E-state index contributed by atoms with van der Waals surface area (Å²) in [5, 5.41) is 6.79. The van der Waals surface area contributed by atoms with Crippen molar-refractivity contribution in [3.63, 3.8) is 0 Å². The summed E-state index contributed by atoms with van der Waals surface area (Å²) in [5.41, 5.74) is 10.9.